The number of hydrogen-bond donors (Lipinski definition) is 1. The highest BCUT2D eigenvalue weighted by Crippen LogP contribution is 2.29. The minimum atomic E-state index is -0.204. The molecule has 0 spiro atoms. The molecule has 1 aromatic heterocycles. The third-order valence-corrected chi connectivity index (χ3v) is 6.07. The molecule has 3 aromatic rings. The number of nitrogens with zero attached hydrogens (tertiary/aromatic N) is 3. The molecule has 0 saturated heterocycles. The molecule has 6 nitrogen and oxygen atoms in total. The summed E-state index contributed by atoms with van der Waals surface area (Å²) in [6.45, 7) is 0.663. The van der Waals surface area contributed by atoms with E-state index in [4.69, 9.17) is 10.00 Å². The van der Waals surface area contributed by atoms with Crippen molar-refractivity contribution >= 4 is 34.1 Å². The maximum absolute atomic E-state index is 12.4. The lowest BCUT2D eigenvalue weighted by Gasteiger charge is -2.03. The molecule has 2 aromatic carbocycles. The molecule has 1 N–H and O–H groups in total. The van der Waals surface area contributed by atoms with Crippen LogP contribution in [0.5, 0.6) is 5.75 Å². The molecule has 0 fully saturated rings. The van der Waals surface area contributed by atoms with Crippen LogP contribution in [-0.2, 0) is 12.2 Å². The van der Waals surface area contributed by atoms with Crippen LogP contribution in [0.4, 0.5) is 5.13 Å². The van der Waals surface area contributed by atoms with E-state index >= 15 is 0 Å². The first-order chi connectivity index (χ1) is 13.2. The van der Waals surface area contributed by atoms with E-state index in [1.165, 1.54) is 11.3 Å². The zero-order valence-electron chi connectivity index (χ0n) is 14.1. The summed E-state index contributed by atoms with van der Waals surface area (Å²) in [7, 11) is 0. The summed E-state index contributed by atoms with van der Waals surface area (Å²) in [6, 6.07) is 15.0. The van der Waals surface area contributed by atoms with Gasteiger partial charge in [0.15, 0.2) is 4.34 Å². The number of hydrogen-bond acceptors (Lipinski definition) is 7. The number of rotatable bonds is 5. The molecule has 8 heteroatoms. The van der Waals surface area contributed by atoms with Gasteiger partial charge in [-0.05, 0) is 41.5 Å². The fourth-order valence-electron chi connectivity index (χ4n) is 2.64. The lowest BCUT2D eigenvalue weighted by molar-refractivity contribution is 0.102. The Morgan fingerprint density at radius 2 is 2.11 bits per heavy atom. The smallest absolute Gasteiger partial charge is 0.257 e. The van der Waals surface area contributed by atoms with E-state index < -0.39 is 0 Å². The predicted octanol–water partition coefficient (Wildman–Crippen LogP) is 3.89. The van der Waals surface area contributed by atoms with E-state index in [-0.39, 0.29) is 5.91 Å². The van der Waals surface area contributed by atoms with Crippen molar-refractivity contribution in [2.45, 2.75) is 16.5 Å². The zero-order chi connectivity index (χ0) is 18.6. The lowest BCUT2D eigenvalue weighted by Crippen LogP contribution is -2.11. The van der Waals surface area contributed by atoms with Gasteiger partial charge in [-0.15, -0.1) is 10.2 Å². The Morgan fingerprint density at radius 3 is 2.93 bits per heavy atom. The molecule has 1 amide bonds. The van der Waals surface area contributed by atoms with Gasteiger partial charge >= 0.3 is 0 Å². The highest BCUT2D eigenvalue weighted by molar-refractivity contribution is 8.00. The van der Waals surface area contributed by atoms with Crippen molar-refractivity contribution in [2.75, 3.05) is 11.9 Å². The third kappa shape index (κ3) is 4.10. The van der Waals surface area contributed by atoms with E-state index in [2.05, 4.69) is 21.6 Å². The monoisotopic (exact) mass is 394 g/mol. The van der Waals surface area contributed by atoms with E-state index in [0.29, 0.717) is 22.9 Å². The molecule has 0 bridgehead atoms. The third-order valence-electron chi connectivity index (χ3n) is 4.02. The topological polar surface area (TPSA) is 87.9 Å². The van der Waals surface area contributed by atoms with Crippen LogP contribution < -0.4 is 10.1 Å². The number of thioether (sulfide) groups is 1. The van der Waals surface area contributed by atoms with Gasteiger partial charge in [0.25, 0.3) is 5.91 Å². The van der Waals surface area contributed by atoms with Crippen LogP contribution in [0, 0.1) is 11.3 Å². The second-order valence-corrected chi connectivity index (χ2v) is 8.05. The van der Waals surface area contributed by atoms with Gasteiger partial charge in [0.1, 0.15) is 5.75 Å². The van der Waals surface area contributed by atoms with Gasteiger partial charge in [0.2, 0.25) is 5.13 Å². The van der Waals surface area contributed by atoms with Crippen molar-refractivity contribution in [3.8, 4) is 11.8 Å². The summed E-state index contributed by atoms with van der Waals surface area (Å²) in [5.74, 6) is 1.37. The number of carbonyl (C=O) groups is 1. The number of amides is 1. The fraction of sp³-hybridized carbons (Fsp3) is 0.158. The summed E-state index contributed by atoms with van der Waals surface area (Å²) in [4.78, 5) is 12.4. The van der Waals surface area contributed by atoms with Gasteiger partial charge in [0, 0.05) is 17.7 Å². The highest BCUT2D eigenvalue weighted by atomic mass is 32.2. The second-order valence-electron chi connectivity index (χ2n) is 5.85. The Labute approximate surface area is 164 Å². The van der Waals surface area contributed by atoms with Crippen LogP contribution in [0.1, 0.15) is 27.0 Å². The van der Waals surface area contributed by atoms with Crippen molar-refractivity contribution in [1.29, 1.82) is 5.26 Å². The van der Waals surface area contributed by atoms with E-state index in [0.717, 1.165) is 33.4 Å². The van der Waals surface area contributed by atoms with Crippen molar-refractivity contribution in [3.05, 3.63) is 64.7 Å². The molecule has 1 aliphatic heterocycles. The quantitative estimate of drug-likeness (QED) is 0.522. The van der Waals surface area contributed by atoms with Gasteiger partial charge < -0.3 is 4.74 Å². The average Bonchev–Trinajstić information content (AvgIpc) is 3.35. The molecular weight excluding hydrogens is 380 g/mol. The van der Waals surface area contributed by atoms with Gasteiger partial charge in [0.05, 0.1) is 18.2 Å². The van der Waals surface area contributed by atoms with Crippen LogP contribution in [0.3, 0.4) is 0 Å². The number of nitrogens with one attached hydrogen (secondary N) is 1. The number of nitriles is 1. The van der Waals surface area contributed by atoms with E-state index in [1.807, 2.05) is 24.3 Å². The first-order valence-corrected chi connectivity index (χ1v) is 10.0. The minimum Gasteiger partial charge on any atom is -0.493 e. The van der Waals surface area contributed by atoms with E-state index in [1.54, 1.807) is 30.0 Å². The van der Waals surface area contributed by atoms with Crippen LogP contribution in [-0.4, -0.2) is 22.7 Å². The first-order valence-electron chi connectivity index (χ1n) is 8.24. The second kappa shape index (κ2) is 7.78. The number of carbonyl (C=O) groups excluding carboxylic acids is 1. The molecule has 2 heterocycles. The summed E-state index contributed by atoms with van der Waals surface area (Å²) >= 11 is 2.88. The maximum Gasteiger partial charge on any atom is 0.257 e. The summed E-state index contributed by atoms with van der Waals surface area (Å²) in [5, 5.41) is 20.3. The predicted molar refractivity (Wildman–Crippen MR) is 104 cm³/mol. The molecule has 0 unspecified atom stereocenters. The minimum absolute atomic E-state index is 0.204. The Morgan fingerprint density at radius 1 is 1.26 bits per heavy atom. The Balaban J connectivity index is 1.36. The molecule has 0 atom stereocenters. The Bertz CT molecular complexity index is 1020. The van der Waals surface area contributed by atoms with Crippen LogP contribution in [0.15, 0.2) is 46.8 Å². The van der Waals surface area contributed by atoms with Gasteiger partial charge in [-0.2, -0.15) is 5.26 Å². The Hall–Kier alpha value is -2.89. The largest absolute Gasteiger partial charge is 0.493 e. The van der Waals surface area contributed by atoms with Crippen LogP contribution in [0.25, 0.3) is 0 Å². The fourth-order valence-corrected chi connectivity index (χ4v) is 4.34. The van der Waals surface area contributed by atoms with Crippen molar-refractivity contribution in [1.82, 2.24) is 10.2 Å². The summed E-state index contributed by atoms with van der Waals surface area (Å²) < 4.78 is 6.24. The number of benzene rings is 2. The molecule has 27 heavy (non-hydrogen) atoms. The molecule has 0 radical (unpaired) electrons. The summed E-state index contributed by atoms with van der Waals surface area (Å²) in [5.41, 5.74) is 3.38. The SMILES string of the molecule is N#Cc1ccc(CSc2nnc(NC(=O)c3ccc4c(c3)CCO4)s2)cc1. The van der Waals surface area contributed by atoms with Gasteiger partial charge in [-0.25, -0.2) is 0 Å². The van der Waals surface area contributed by atoms with E-state index in [9.17, 15) is 4.79 Å². The zero-order valence-corrected chi connectivity index (χ0v) is 15.8. The van der Waals surface area contributed by atoms with Crippen molar-refractivity contribution in [2.24, 2.45) is 0 Å². The number of anilines is 1. The molecule has 0 aliphatic carbocycles. The molecular formula is C19H14N4O2S2. The lowest BCUT2D eigenvalue weighted by atomic mass is 10.1. The highest BCUT2D eigenvalue weighted by Gasteiger charge is 2.16. The number of ether oxygens (including phenoxy) is 1. The number of aromatic nitrogens is 2. The molecule has 134 valence electrons. The van der Waals surface area contributed by atoms with Gasteiger partial charge in [-0.1, -0.05) is 35.2 Å². The number of fused-ring (bicyclic) bond motifs is 1. The van der Waals surface area contributed by atoms with Gasteiger partial charge in [-0.3, -0.25) is 10.1 Å². The molecule has 4 rings (SSSR count). The maximum atomic E-state index is 12.4. The van der Waals surface area contributed by atoms with Crippen molar-refractivity contribution in [3.63, 3.8) is 0 Å². The first kappa shape index (κ1) is 17.5. The normalized spacial score (nSPS) is 12.1. The van der Waals surface area contributed by atoms with Crippen LogP contribution in [0.2, 0.25) is 0 Å². The molecule has 1 aliphatic rings. The Kier molecular flexibility index (Phi) is 5.05. The molecule has 0 saturated carbocycles. The van der Waals surface area contributed by atoms with Crippen LogP contribution >= 0.6 is 23.1 Å². The standard InChI is InChI=1S/C19H14N4O2S2/c20-10-12-1-3-13(4-2-12)11-26-19-23-22-18(27-19)21-17(24)15-5-6-16-14(9-15)7-8-25-16/h1-6,9H,7-8,11H2,(H,21,22,24). The van der Waals surface area contributed by atoms with Crippen molar-refractivity contribution < 1.29 is 9.53 Å². The average molecular weight is 394 g/mol. The summed E-state index contributed by atoms with van der Waals surface area (Å²) in [6.07, 6.45) is 0.825.